The van der Waals surface area contributed by atoms with E-state index in [1.165, 1.54) is 30.2 Å². The van der Waals surface area contributed by atoms with E-state index in [2.05, 4.69) is 15.9 Å². The molecular formula is C21H33N3O3S. The van der Waals surface area contributed by atoms with Crippen molar-refractivity contribution in [2.24, 2.45) is 5.41 Å². The van der Waals surface area contributed by atoms with Crippen molar-refractivity contribution in [2.75, 3.05) is 45.6 Å². The molecule has 2 amide bonds. The Labute approximate surface area is 172 Å². The maximum Gasteiger partial charge on any atom is 0.409 e. The highest BCUT2D eigenvalue weighted by atomic mass is 32.2. The molecule has 4 rings (SSSR count). The molecule has 1 saturated carbocycles. The molecule has 7 heteroatoms. The molecule has 0 radical (unpaired) electrons. The third-order valence-electron chi connectivity index (χ3n) is 7.18. The van der Waals surface area contributed by atoms with Gasteiger partial charge in [-0.15, -0.1) is 0 Å². The van der Waals surface area contributed by atoms with Crippen LogP contribution in [0.2, 0.25) is 0 Å². The number of carbonyl (C=O) groups is 2. The maximum absolute atomic E-state index is 12.2. The van der Waals surface area contributed by atoms with Crippen molar-refractivity contribution in [3.63, 3.8) is 0 Å². The molecule has 6 nitrogen and oxygen atoms in total. The fraction of sp³-hybridized carbons (Fsp3) is 0.810. The predicted octanol–water partition coefficient (Wildman–Crippen LogP) is 3.58. The van der Waals surface area contributed by atoms with Gasteiger partial charge in [0.2, 0.25) is 0 Å². The highest BCUT2D eigenvalue weighted by Crippen LogP contribution is 2.50. The van der Waals surface area contributed by atoms with Crippen LogP contribution in [0.25, 0.3) is 0 Å². The minimum absolute atomic E-state index is 0.144. The molecule has 2 saturated heterocycles. The number of hydrogen-bond acceptors (Lipinski definition) is 5. The third kappa shape index (κ3) is 3.80. The zero-order chi connectivity index (χ0) is 19.7. The monoisotopic (exact) mass is 407 g/mol. The van der Waals surface area contributed by atoms with Gasteiger partial charge in [0.15, 0.2) is 0 Å². The lowest BCUT2D eigenvalue weighted by Gasteiger charge is -2.51. The first-order chi connectivity index (χ1) is 13.5. The van der Waals surface area contributed by atoms with E-state index >= 15 is 0 Å². The molecular weight excluding hydrogens is 374 g/mol. The second-order valence-corrected chi connectivity index (χ2v) is 9.54. The highest BCUT2D eigenvalue weighted by Gasteiger charge is 2.51. The van der Waals surface area contributed by atoms with Gasteiger partial charge in [-0.05, 0) is 62.7 Å². The predicted molar refractivity (Wildman–Crippen MR) is 112 cm³/mol. The highest BCUT2D eigenvalue weighted by molar-refractivity contribution is 8.12. The van der Waals surface area contributed by atoms with Gasteiger partial charge in [-0.3, -0.25) is 9.69 Å². The first kappa shape index (κ1) is 20.1. The van der Waals surface area contributed by atoms with Gasteiger partial charge in [0.1, 0.15) is 0 Å². The topological polar surface area (TPSA) is 53.1 Å². The molecule has 4 aliphatic rings. The quantitative estimate of drug-likeness (QED) is 0.670. The van der Waals surface area contributed by atoms with Crippen molar-refractivity contribution in [3.8, 4) is 0 Å². The lowest BCUT2D eigenvalue weighted by atomic mass is 9.64. The van der Waals surface area contributed by atoms with E-state index < -0.39 is 0 Å². The number of nitrogens with zero attached hydrogens (tertiary/aromatic N) is 3. The molecule has 1 aliphatic carbocycles. The Bertz CT molecular complexity index is 647. The minimum atomic E-state index is -0.144. The molecule has 0 aromatic rings. The molecule has 0 aromatic heterocycles. The fourth-order valence-corrected chi connectivity index (χ4v) is 6.11. The van der Waals surface area contributed by atoms with Crippen LogP contribution in [0.15, 0.2) is 11.6 Å². The van der Waals surface area contributed by atoms with Crippen LogP contribution in [0, 0.1) is 5.41 Å². The van der Waals surface area contributed by atoms with E-state index in [0.717, 1.165) is 58.4 Å². The smallest absolute Gasteiger partial charge is 0.409 e. The standard InChI is InChI=1S/C21H33N3O3S/c1-3-27-19(25)23-12-8-21(15-23)13-17(14-21)22-10-6-16(7-11-22)18-5-4-9-24(18)20(26)28-2/h6,17-18H,3-5,7-15H2,1-2H3/t17?,18-,21?/m0/s1. The van der Waals surface area contributed by atoms with Crippen LogP contribution in [0.4, 0.5) is 9.59 Å². The Kier molecular flexibility index (Phi) is 5.93. The summed E-state index contributed by atoms with van der Waals surface area (Å²) in [5.74, 6) is 0. The summed E-state index contributed by atoms with van der Waals surface area (Å²) in [6.07, 6.45) is 11.0. The lowest BCUT2D eigenvalue weighted by molar-refractivity contribution is 0.00981. The van der Waals surface area contributed by atoms with Gasteiger partial charge >= 0.3 is 6.09 Å². The molecule has 0 unspecified atom stereocenters. The summed E-state index contributed by atoms with van der Waals surface area (Å²) in [5, 5.41) is 0.221. The molecule has 1 atom stereocenters. The summed E-state index contributed by atoms with van der Waals surface area (Å²) in [5.41, 5.74) is 1.80. The van der Waals surface area contributed by atoms with Crippen LogP contribution >= 0.6 is 11.8 Å². The first-order valence-corrected chi connectivity index (χ1v) is 12.0. The molecule has 0 N–H and O–H groups in total. The summed E-state index contributed by atoms with van der Waals surface area (Å²) >= 11 is 1.34. The van der Waals surface area contributed by atoms with E-state index in [-0.39, 0.29) is 11.3 Å². The van der Waals surface area contributed by atoms with Crippen LogP contribution in [0.1, 0.15) is 45.4 Å². The zero-order valence-electron chi connectivity index (χ0n) is 17.2. The van der Waals surface area contributed by atoms with Crippen LogP contribution < -0.4 is 0 Å². The van der Waals surface area contributed by atoms with Crippen molar-refractivity contribution >= 4 is 23.1 Å². The van der Waals surface area contributed by atoms with E-state index in [9.17, 15) is 9.59 Å². The van der Waals surface area contributed by atoms with E-state index in [1.807, 2.05) is 18.1 Å². The average Bonchev–Trinajstić information content (AvgIpc) is 3.34. The number of likely N-dealkylation sites (tertiary alicyclic amines) is 2. The number of ether oxygens (including phenoxy) is 1. The molecule has 156 valence electrons. The minimum Gasteiger partial charge on any atom is -0.450 e. The first-order valence-electron chi connectivity index (χ1n) is 10.7. The van der Waals surface area contributed by atoms with E-state index in [1.54, 1.807) is 0 Å². The van der Waals surface area contributed by atoms with Crippen LogP contribution in [0.5, 0.6) is 0 Å². The van der Waals surface area contributed by atoms with Crippen LogP contribution in [-0.2, 0) is 4.74 Å². The molecule has 3 heterocycles. The largest absolute Gasteiger partial charge is 0.450 e. The Hall–Kier alpha value is -1.21. The van der Waals surface area contributed by atoms with Crippen molar-refractivity contribution in [1.82, 2.24) is 14.7 Å². The fourth-order valence-electron chi connectivity index (χ4n) is 5.66. The summed E-state index contributed by atoms with van der Waals surface area (Å²) < 4.78 is 5.16. The van der Waals surface area contributed by atoms with Crippen molar-refractivity contribution in [2.45, 2.75) is 57.5 Å². The van der Waals surface area contributed by atoms with Crippen LogP contribution in [-0.4, -0.2) is 83.7 Å². The van der Waals surface area contributed by atoms with Gasteiger partial charge in [0.05, 0.1) is 12.6 Å². The Morgan fingerprint density at radius 3 is 2.79 bits per heavy atom. The molecule has 0 aromatic carbocycles. The number of hydrogen-bond donors (Lipinski definition) is 0. The lowest BCUT2D eigenvalue weighted by Crippen LogP contribution is -2.53. The van der Waals surface area contributed by atoms with E-state index in [0.29, 0.717) is 24.1 Å². The SMILES string of the molecule is CCOC(=O)N1CCC2(CC(N3CC=C([C@@H]4CCCN4C(=O)SC)CC3)C2)C1. The maximum atomic E-state index is 12.2. The van der Waals surface area contributed by atoms with Crippen molar-refractivity contribution in [3.05, 3.63) is 11.6 Å². The molecule has 3 fully saturated rings. The van der Waals surface area contributed by atoms with Gasteiger partial charge in [-0.1, -0.05) is 17.8 Å². The van der Waals surface area contributed by atoms with Gasteiger partial charge in [-0.25, -0.2) is 4.79 Å². The third-order valence-corrected chi connectivity index (χ3v) is 7.77. The van der Waals surface area contributed by atoms with Crippen LogP contribution in [0.3, 0.4) is 0 Å². The number of amides is 2. The molecule has 1 spiro atoms. The van der Waals surface area contributed by atoms with Crippen molar-refractivity contribution < 1.29 is 14.3 Å². The summed E-state index contributed by atoms with van der Waals surface area (Å²) in [6.45, 7) is 7.05. The Morgan fingerprint density at radius 1 is 1.29 bits per heavy atom. The van der Waals surface area contributed by atoms with E-state index in [4.69, 9.17) is 4.74 Å². The van der Waals surface area contributed by atoms with Gasteiger partial charge < -0.3 is 14.5 Å². The summed E-state index contributed by atoms with van der Waals surface area (Å²) in [4.78, 5) is 30.7. The Balaban J connectivity index is 1.28. The normalized spacial score (nSPS) is 33.1. The summed E-state index contributed by atoms with van der Waals surface area (Å²) in [6, 6.07) is 0.982. The van der Waals surface area contributed by atoms with Gasteiger partial charge in [0.25, 0.3) is 5.24 Å². The molecule has 0 bridgehead atoms. The number of rotatable bonds is 3. The molecule has 28 heavy (non-hydrogen) atoms. The number of thioether (sulfide) groups is 1. The second-order valence-electron chi connectivity index (χ2n) is 8.78. The Morgan fingerprint density at radius 2 is 2.11 bits per heavy atom. The second kappa shape index (κ2) is 8.27. The average molecular weight is 408 g/mol. The van der Waals surface area contributed by atoms with Gasteiger partial charge in [0, 0.05) is 38.8 Å². The molecule has 3 aliphatic heterocycles. The zero-order valence-corrected chi connectivity index (χ0v) is 18.0. The number of carbonyl (C=O) groups excluding carboxylic acids is 2. The summed E-state index contributed by atoms with van der Waals surface area (Å²) in [7, 11) is 0. The van der Waals surface area contributed by atoms with Gasteiger partial charge in [-0.2, -0.15) is 0 Å². The van der Waals surface area contributed by atoms with Crippen molar-refractivity contribution in [1.29, 1.82) is 0 Å².